The van der Waals surface area contributed by atoms with E-state index in [2.05, 4.69) is 28.4 Å². The second-order valence-electron chi connectivity index (χ2n) is 8.08. The van der Waals surface area contributed by atoms with Gasteiger partial charge in [0.25, 0.3) is 0 Å². The predicted octanol–water partition coefficient (Wildman–Crippen LogP) is 6.44. The fraction of sp³-hybridized carbons (Fsp3) is 0.200. The minimum Gasteiger partial charge on any atom is -0.384 e. The summed E-state index contributed by atoms with van der Waals surface area (Å²) in [6, 6.07) is 17.5. The van der Waals surface area contributed by atoms with Gasteiger partial charge in [-0.2, -0.15) is 5.26 Å². The van der Waals surface area contributed by atoms with E-state index in [0.29, 0.717) is 45.6 Å². The van der Waals surface area contributed by atoms with Crippen LogP contribution in [-0.4, -0.2) is 16.0 Å². The highest BCUT2D eigenvalue weighted by atomic mass is 35.5. The molecule has 10 heteroatoms. The molecule has 2 aromatic carbocycles. The van der Waals surface area contributed by atoms with E-state index in [0.717, 1.165) is 15.8 Å². The molecule has 3 aromatic rings. The molecule has 1 unspecified atom stereocenters. The first-order chi connectivity index (χ1) is 17.0. The lowest BCUT2D eigenvalue weighted by atomic mass is 9.75. The number of thioether (sulfide) groups is 1. The van der Waals surface area contributed by atoms with Crippen LogP contribution in [0, 0.1) is 11.3 Å². The maximum Gasteiger partial charge on any atom is 0.219 e. The van der Waals surface area contributed by atoms with Crippen molar-refractivity contribution in [2.24, 2.45) is 5.73 Å². The molecule has 0 saturated carbocycles. The Kier molecular flexibility index (Phi) is 6.85. The number of nitriles is 1. The SMILES string of the molecule is N#CC1=C(N)N(c2nnc(SCc3ccccc3)s2)C2=C(C(=O)CCC2)C1c1c(Cl)cccc1Cl. The number of benzene rings is 2. The number of carbonyl (C=O) groups is 1. The highest BCUT2D eigenvalue weighted by Crippen LogP contribution is 2.49. The van der Waals surface area contributed by atoms with Gasteiger partial charge in [0.15, 0.2) is 10.1 Å². The maximum absolute atomic E-state index is 13.3. The van der Waals surface area contributed by atoms with Crippen molar-refractivity contribution in [3.05, 3.63) is 92.4 Å². The van der Waals surface area contributed by atoms with Crippen LogP contribution in [0.1, 0.15) is 36.3 Å². The normalized spacial score (nSPS) is 18.0. The molecule has 1 atom stereocenters. The van der Waals surface area contributed by atoms with E-state index >= 15 is 0 Å². The molecule has 0 radical (unpaired) electrons. The topological polar surface area (TPSA) is 95.9 Å². The standard InChI is InChI=1S/C25H19Cl2N5OS2/c26-16-8-4-9-17(27)21(16)20-15(12-28)23(29)32(18-10-5-11-19(33)22(18)20)24-30-31-25(35-24)34-13-14-6-2-1-3-7-14/h1-4,6-9,20H,5,10-11,13,29H2. The van der Waals surface area contributed by atoms with E-state index in [1.54, 1.807) is 34.9 Å². The Morgan fingerprint density at radius 2 is 1.86 bits per heavy atom. The van der Waals surface area contributed by atoms with Crippen LogP contribution in [0.4, 0.5) is 5.13 Å². The first-order valence-corrected chi connectivity index (χ1v) is 13.5. The van der Waals surface area contributed by atoms with E-state index in [4.69, 9.17) is 28.9 Å². The van der Waals surface area contributed by atoms with Crippen LogP contribution in [0.25, 0.3) is 0 Å². The molecule has 0 fully saturated rings. The molecule has 0 spiro atoms. The van der Waals surface area contributed by atoms with Gasteiger partial charge in [-0.05, 0) is 30.5 Å². The van der Waals surface area contributed by atoms with Crippen LogP contribution >= 0.6 is 46.3 Å². The van der Waals surface area contributed by atoms with Crippen molar-refractivity contribution in [2.45, 2.75) is 35.3 Å². The molecule has 2 heterocycles. The van der Waals surface area contributed by atoms with Gasteiger partial charge < -0.3 is 5.73 Å². The molecule has 1 aromatic heterocycles. The Morgan fingerprint density at radius 3 is 2.57 bits per heavy atom. The van der Waals surface area contributed by atoms with Gasteiger partial charge in [0.05, 0.1) is 17.6 Å². The third kappa shape index (κ3) is 4.45. The number of aromatic nitrogens is 2. The number of carbonyl (C=O) groups excluding carboxylic acids is 1. The highest BCUT2D eigenvalue weighted by Gasteiger charge is 2.42. The number of anilines is 1. The van der Waals surface area contributed by atoms with E-state index in [-0.39, 0.29) is 17.2 Å². The van der Waals surface area contributed by atoms with Crippen LogP contribution in [0.5, 0.6) is 0 Å². The number of halogens is 2. The summed E-state index contributed by atoms with van der Waals surface area (Å²) in [6.07, 6.45) is 1.68. The van der Waals surface area contributed by atoms with E-state index < -0.39 is 5.92 Å². The second-order valence-corrected chi connectivity index (χ2v) is 11.1. The molecule has 2 aliphatic rings. The van der Waals surface area contributed by atoms with Crippen molar-refractivity contribution >= 4 is 57.2 Å². The second kappa shape index (κ2) is 10.0. The average Bonchev–Trinajstić information content (AvgIpc) is 3.32. The lowest BCUT2D eigenvalue weighted by Gasteiger charge is -2.38. The van der Waals surface area contributed by atoms with Crippen molar-refractivity contribution in [3.8, 4) is 6.07 Å². The van der Waals surface area contributed by atoms with E-state index in [9.17, 15) is 10.1 Å². The first kappa shape index (κ1) is 23.9. The molecule has 176 valence electrons. The van der Waals surface area contributed by atoms with Crippen molar-refractivity contribution in [3.63, 3.8) is 0 Å². The molecule has 6 nitrogen and oxygen atoms in total. The molecule has 0 bridgehead atoms. The van der Waals surface area contributed by atoms with E-state index in [1.807, 2.05) is 18.2 Å². The summed E-state index contributed by atoms with van der Waals surface area (Å²) in [7, 11) is 0. The van der Waals surface area contributed by atoms with Gasteiger partial charge in [0.1, 0.15) is 5.82 Å². The summed E-state index contributed by atoms with van der Waals surface area (Å²) >= 11 is 16.0. The minimum absolute atomic E-state index is 0.0410. The number of rotatable bonds is 5. The molecule has 5 rings (SSSR count). The lowest BCUT2D eigenvalue weighted by molar-refractivity contribution is -0.116. The largest absolute Gasteiger partial charge is 0.384 e. The lowest BCUT2D eigenvalue weighted by Crippen LogP contribution is -2.38. The van der Waals surface area contributed by atoms with Crippen LogP contribution in [0.15, 0.2) is 75.5 Å². The zero-order chi connectivity index (χ0) is 24.5. The van der Waals surface area contributed by atoms with Gasteiger partial charge in [-0.1, -0.05) is 82.7 Å². The van der Waals surface area contributed by atoms with Crippen molar-refractivity contribution in [1.82, 2.24) is 10.2 Å². The number of nitrogens with two attached hydrogens (primary N) is 1. The number of allylic oxidation sites excluding steroid dienone is 3. The van der Waals surface area contributed by atoms with Crippen LogP contribution in [0.2, 0.25) is 10.0 Å². The summed E-state index contributed by atoms with van der Waals surface area (Å²) in [4.78, 5) is 15.0. The van der Waals surface area contributed by atoms with Gasteiger partial charge in [-0.3, -0.25) is 9.69 Å². The highest BCUT2D eigenvalue weighted by molar-refractivity contribution is 8.00. The molecular weight excluding hydrogens is 521 g/mol. The van der Waals surface area contributed by atoms with Gasteiger partial charge in [-0.15, -0.1) is 10.2 Å². The third-order valence-electron chi connectivity index (χ3n) is 5.99. The average molecular weight is 541 g/mol. The summed E-state index contributed by atoms with van der Waals surface area (Å²) in [5.41, 5.74) is 9.77. The Labute approximate surface area is 221 Å². The van der Waals surface area contributed by atoms with Gasteiger partial charge in [0.2, 0.25) is 5.13 Å². The predicted molar refractivity (Wildman–Crippen MR) is 140 cm³/mol. The molecular formula is C25H19Cl2N5OS2. The van der Waals surface area contributed by atoms with Crippen LogP contribution in [0.3, 0.4) is 0 Å². The Bertz CT molecular complexity index is 1390. The monoisotopic (exact) mass is 539 g/mol. The van der Waals surface area contributed by atoms with Crippen molar-refractivity contribution < 1.29 is 4.79 Å². The number of Topliss-reactive ketones (excluding diaryl/α,β-unsaturated/α-hetero) is 1. The Balaban J connectivity index is 1.58. The van der Waals surface area contributed by atoms with Crippen LogP contribution in [-0.2, 0) is 10.5 Å². The third-order valence-corrected chi connectivity index (χ3v) is 8.77. The van der Waals surface area contributed by atoms with Gasteiger partial charge in [0, 0.05) is 39.1 Å². The molecule has 1 aliphatic carbocycles. The fourth-order valence-electron chi connectivity index (χ4n) is 4.45. The smallest absolute Gasteiger partial charge is 0.219 e. The Morgan fingerprint density at radius 1 is 1.11 bits per heavy atom. The summed E-state index contributed by atoms with van der Waals surface area (Å²) in [5, 5.41) is 20.2. The summed E-state index contributed by atoms with van der Waals surface area (Å²) in [6.45, 7) is 0. The zero-order valence-electron chi connectivity index (χ0n) is 18.4. The molecule has 35 heavy (non-hydrogen) atoms. The first-order valence-electron chi connectivity index (χ1n) is 10.9. The maximum atomic E-state index is 13.3. The number of ketones is 1. The van der Waals surface area contributed by atoms with Crippen molar-refractivity contribution in [1.29, 1.82) is 5.26 Å². The minimum atomic E-state index is -0.722. The summed E-state index contributed by atoms with van der Waals surface area (Å²) in [5.74, 6) is 0.211. The molecule has 0 amide bonds. The zero-order valence-corrected chi connectivity index (χ0v) is 21.5. The number of nitrogens with zero attached hydrogens (tertiary/aromatic N) is 4. The number of hydrogen-bond acceptors (Lipinski definition) is 8. The molecule has 2 N–H and O–H groups in total. The molecule has 0 saturated heterocycles. The fourth-order valence-corrected chi connectivity index (χ4v) is 6.90. The number of hydrogen-bond donors (Lipinski definition) is 1. The van der Waals surface area contributed by atoms with Crippen molar-refractivity contribution in [2.75, 3.05) is 4.90 Å². The van der Waals surface area contributed by atoms with Crippen LogP contribution < -0.4 is 10.6 Å². The summed E-state index contributed by atoms with van der Waals surface area (Å²) < 4.78 is 0.774. The quantitative estimate of drug-likeness (QED) is 0.372. The Hall–Kier alpha value is -2.83. The van der Waals surface area contributed by atoms with E-state index in [1.165, 1.54) is 16.9 Å². The van der Waals surface area contributed by atoms with Gasteiger partial charge in [-0.25, -0.2) is 0 Å². The molecule has 1 aliphatic heterocycles. The van der Waals surface area contributed by atoms with Gasteiger partial charge >= 0.3 is 0 Å².